The normalized spacial score (nSPS) is 20.7. The Labute approximate surface area is 63.1 Å². The van der Waals surface area contributed by atoms with Crippen molar-refractivity contribution in [2.45, 2.75) is 26.7 Å². The standard InChI is InChI=1S/C8H17NO/c1-8(2)4-6-9-5-3-7-10-9/h8H,3-7H2,1-2H3. The molecule has 0 atom stereocenters. The Morgan fingerprint density at radius 3 is 2.80 bits per heavy atom. The molecular formula is C8H17NO. The zero-order valence-corrected chi connectivity index (χ0v) is 6.97. The van der Waals surface area contributed by atoms with E-state index in [-0.39, 0.29) is 0 Å². The number of hydroxylamine groups is 2. The van der Waals surface area contributed by atoms with Crippen LogP contribution in [0, 0.1) is 5.92 Å². The van der Waals surface area contributed by atoms with Crippen molar-refractivity contribution in [2.75, 3.05) is 19.7 Å². The summed E-state index contributed by atoms with van der Waals surface area (Å²) in [6.45, 7) is 7.66. The van der Waals surface area contributed by atoms with Crippen LogP contribution >= 0.6 is 0 Å². The van der Waals surface area contributed by atoms with Crippen molar-refractivity contribution < 1.29 is 4.84 Å². The van der Waals surface area contributed by atoms with Gasteiger partial charge in [-0.25, -0.2) is 0 Å². The fourth-order valence-corrected chi connectivity index (χ4v) is 1.08. The average molecular weight is 143 g/mol. The summed E-state index contributed by atoms with van der Waals surface area (Å²) < 4.78 is 0. The molecule has 2 nitrogen and oxygen atoms in total. The molecule has 0 aromatic carbocycles. The lowest BCUT2D eigenvalue weighted by Gasteiger charge is -2.14. The van der Waals surface area contributed by atoms with E-state index >= 15 is 0 Å². The fraction of sp³-hybridized carbons (Fsp3) is 1.00. The summed E-state index contributed by atoms with van der Waals surface area (Å²) in [5.41, 5.74) is 0. The second-order valence-electron chi connectivity index (χ2n) is 3.30. The molecule has 0 unspecified atom stereocenters. The second kappa shape index (κ2) is 3.94. The van der Waals surface area contributed by atoms with Gasteiger partial charge >= 0.3 is 0 Å². The molecule has 0 aromatic rings. The lowest BCUT2D eigenvalue weighted by molar-refractivity contribution is -0.111. The monoisotopic (exact) mass is 143 g/mol. The SMILES string of the molecule is CC(C)CCN1CCCO1. The second-order valence-corrected chi connectivity index (χ2v) is 3.30. The van der Waals surface area contributed by atoms with Crippen LogP contribution in [-0.2, 0) is 4.84 Å². The van der Waals surface area contributed by atoms with Crippen molar-refractivity contribution in [3.63, 3.8) is 0 Å². The van der Waals surface area contributed by atoms with Gasteiger partial charge in [-0.3, -0.25) is 4.84 Å². The third kappa shape index (κ3) is 2.67. The molecule has 1 fully saturated rings. The molecule has 1 saturated heterocycles. The van der Waals surface area contributed by atoms with E-state index in [0.29, 0.717) is 0 Å². The Hall–Kier alpha value is -0.0800. The third-order valence-electron chi connectivity index (χ3n) is 1.78. The first kappa shape index (κ1) is 8.02. The Kier molecular flexibility index (Phi) is 3.16. The summed E-state index contributed by atoms with van der Waals surface area (Å²) in [5, 5.41) is 2.08. The Morgan fingerprint density at radius 1 is 1.50 bits per heavy atom. The quantitative estimate of drug-likeness (QED) is 0.596. The van der Waals surface area contributed by atoms with Crippen LogP contribution in [0.5, 0.6) is 0 Å². The van der Waals surface area contributed by atoms with Crippen LogP contribution in [0.3, 0.4) is 0 Å². The zero-order chi connectivity index (χ0) is 7.40. The van der Waals surface area contributed by atoms with E-state index in [1.54, 1.807) is 0 Å². The third-order valence-corrected chi connectivity index (χ3v) is 1.78. The first-order valence-electron chi connectivity index (χ1n) is 4.17. The molecule has 1 aliphatic rings. The van der Waals surface area contributed by atoms with Gasteiger partial charge < -0.3 is 0 Å². The van der Waals surface area contributed by atoms with Gasteiger partial charge in [-0.05, 0) is 18.8 Å². The smallest absolute Gasteiger partial charge is 0.0698 e. The van der Waals surface area contributed by atoms with E-state index in [2.05, 4.69) is 18.9 Å². The number of hydrogen-bond donors (Lipinski definition) is 0. The fourth-order valence-electron chi connectivity index (χ4n) is 1.08. The summed E-state index contributed by atoms with van der Waals surface area (Å²) in [4.78, 5) is 5.34. The van der Waals surface area contributed by atoms with Crippen LogP contribution < -0.4 is 0 Å². The molecule has 0 spiro atoms. The molecular weight excluding hydrogens is 126 g/mol. The maximum atomic E-state index is 5.34. The molecule has 0 bridgehead atoms. The van der Waals surface area contributed by atoms with Crippen molar-refractivity contribution in [3.05, 3.63) is 0 Å². The minimum atomic E-state index is 0.796. The largest absolute Gasteiger partial charge is 0.299 e. The highest BCUT2D eigenvalue weighted by atomic mass is 16.7. The molecule has 1 heterocycles. The highest BCUT2D eigenvalue weighted by molar-refractivity contribution is 4.55. The predicted octanol–water partition coefficient (Wildman–Crippen LogP) is 1.67. The van der Waals surface area contributed by atoms with Crippen LogP contribution in [0.25, 0.3) is 0 Å². The van der Waals surface area contributed by atoms with Crippen LogP contribution in [0.15, 0.2) is 0 Å². The lowest BCUT2D eigenvalue weighted by Crippen LogP contribution is -2.20. The highest BCUT2D eigenvalue weighted by Crippen LogP contribution is 2.07. The van der Waals surface area contributed by atoms with Crippen LogP contribution in [0.4, 0.5) is 0 Å². The van der Waals surface area contributed by atoms with Crippen molar-refractivity contribution in [3.8, 4) is 0 Å². The summed E-state index contributed by atoms with van der Waals surface area (Å²) in [6.07, 6.45) is 2.46. The van der Waals surface area contributed by atoms with E-state index in [9.17, 15) is 0 Å². The van der Waals surface area contributed by atoms with E-state index in [0.717, 1.165) is 25.6 Å². The van der Waals surface area contributed by atoms with Crippen molar-refractivity contribution >= 4 is 0 Å². The van der Waals surface area contributed by atoms with Gasteiger partial charge in [0.25, 0.3) is 0 Å². The maximum absolute atomic E-state index is 5.34. The Bertz CT molecular complexity index is 87.3. The molecule has 1 aliphatic heterocycles. The lowest BCUT2D eigenvalue weighted by atomic mass is 10.1. The number of nitrogens with zero attached hydrogens (tertiary/aromatic N) is 1. The van der Waals surface area contributed by atoms with Gasteiger partial charge in [0.05, 0.1) is 6.61 Å². The summed E-state index contributed by atoms with van der Waals surface area (Å²) >= 11 is 0. The maximum Gasteiger partial charge on any atom is 0.0698 e. The number of hydrogen-bond acceptors (Lipinski definition) is 2. The van der Waals surface area contributed by atoms with Gasteiger partial charge in [-0.1, -0.05) is 13.8 Å². The Balaban J connectivity index is 2.01. The Morgan fingerprint density at radius 2 is 2.30 bits per heavy atom. The van der Waals surface area contributed by atoms with Gasteiger partial charge in [0.15, 0.2) is 0 Å². The molecule has 0 saturated carbocycles. The molecule has 0 N–H and O–H groups in total. The van der Waals surface area contributed by atoms with Gasteiger partial charge in [-0.2, -0.15) is 5.06 Å². The van der Waals surface area contributed by atoms with Gasteiger partial charge in [0, 0.05) is 13.1 Å². The van der Waals surface area contributed by atoms with Crippen LogP contribution in [-0.4, -0.2) is 24.8 Å². The van der Waals surface area contributed by atoms with Gasteiger partial charge in [0.1, 0.15) is 0 Å². The molecule has 0 radical (unpaired) electrons. The van der Waals surface area contributed by atoms with Crippen molar-refractivity contribution in [2.24, 2.45) is 5.92 Å². The average Bonchev–Trinajstić information content (AvgIpc) is 2.34. The molecule has 2 heteroatoms. The van der Waals surface area contributed by atoms with E-state index in [4.69, 9.17) is 4.84 Å². The molecule has 10 heavy (non-hydrogen) atoms. The summed E-state index contributed by atoms with van der Waals surface area (Å²) in [6, 6.07) is 0. The highest BCUT2D eigenvalue weighted by Gasteiger charge is 2.11. The van der Waals surface area contributed by atoms with Gasteiger partial charge in [0.2, 0.25) is 0 Å². The molecule has 0 aromatic heterocycles. The van der Waals surface area contributed by atoms with E-state index in [1.165, 1.54) is 12.8 Å². The van der Waals surface area contributed by atoms with E-state index in [1.807, 2.05) is 0 Å². The minimum Gasteiger partial charge on any atom is -0.299 e. The molecule has 0 aliphatic carbocycles. The van der Waals surface area contributed by atoms with Crippen LogP contribution in [0.1, 0.15) is 26.7 Å². The molecule has 0 amide bonds. The first-order chi connectivity index (χ1) is 4.79. The molecule has 60 valence electrons. The molecule has 1 rings (SSSR count). The van der Waals surface area contributed by atoms with Crippen molar-refractivity contribution in [1.29, 1.82) is 0 Å². The van der Waals surface area contributed by atoms with Crippen LogP contribution in [0.2, 0.25) is 0 Å². The minimum absolute atomic E-state index is 0.796. The first-order valence-corrected chi connectivity index (χ1v) is 4.17. The predicted molar refractivity (Wildman–Crippen MR) is 41.6 cm³/mol. The topological polar surface area (TPSA) is 12.5 Å². The van der Waals surface area contributed by atoms with E-state index < -0.39 is 0 Å². The summed E-state index contributed by atoms with van der Waals surface area (Å²) in [5.74, 6) is 0.796. The summed E-state index contributed by atoms with van der Waals surface area (Å²) in [7, 11) is 0. The number of rotatable bonds is 3. The van der Waals surface area contributed by atoms with Gasteiger partial charge in [-0.15, -0.1) is 0 Å². The zero-order valence-electron chi connectivity index (χ0n) is 6.97. The van der Waals surface area contributed by atoms with Crippen molar-refractivity contribution in [1.82, 2.24) is 5.06 Å².